The third kappa shape index (κ3) is 9.15. The van der Waals surface area contributed by atoms with E-state index in [1.807, 2.05) is 42.5 Å². The minimum atomic E-state index is -0.875. The maximum atomic E-state index is 12.2. The molecule has 2 aromatic rings. The Morgan fingerprint density at radius 2 is 1.71 bits per heavy atom. The average Bonchev–Trinajstić information content (AvgIpc) is 2.87. The minimum absolute atomic E-state index is 0.223. The van der Waals surface area contributed by atoms with E-state index in [9.17, 15) is 14.4 Å². The summed E-state index contributed by atoms with van der Waals surface area (Å²) < 4.78 is 10.5. The van der Waals surface area contributed by atoms with Crippen LogP contribution in [-0.4, -0.2) is 36.3 Å². The Morgan fingerprint density at radius 3 is 2.39 bits per heavy atom. The average molecular weight is 520 g/mol. The highest BCUT2D eigenvalue weighted by atomic mass is 16.6. The number of amides is 3. The molecule has 0 radical (unpaired) electrons. The number of benzene rings is 2. The van der Waals surface area contributed by atoms with E-state index < -0.39 is 29.7 Å². The lowest BCUT2D eigenvalue weighted by atomic mass is 9.83. The zero-order chi connectivity index (χ0) is 27.5. The van der Waals surface area contributed by atoms with Gasteiger partial charge < -0.3 is 25.8 Å². The largest absolute Gasteiger partial charge is 0.445 e. The molecule has 0 spiro atoms. The first-order valence-electron chi connectivity index (χ1n) is 13.0. The van der Waals surface area contributed by atoms with Gasteiger partial charge >= 0.3 is 12.2 Å². The van der Waals surface area contributed by atoms with Crippen LogP contribution in [0.25, 0.3) is 0 Å². The number of hydrogen-bond acceptors (Lipinski definition) is 5. The number of rotatable bonds is 8. The van der Waals surface area contributed by atoms with Crippen molar-refractivity contribution in [3.63, 3.8) is 0 Å². The van der Waals surface area contributed by atoms with E-state index >= 15 is 0 Å². The van der Waals surface area contributed by atoms with Crippen molar-refractivity contribution in [2.75, 3.05) is 6.54 Å². The van der Waals surface area contributed by atoms with Crippen LogP contribution in [0.4, 0.5) is 9.59 Å². The summed E-state index contributed by atoms with van der Waals surface area (Å²) in [6, 6.07) is 12.5. The van der Waals surface area contributed by atoms with Crippen molar-refractivity contribution in [1.29, 1.82) is 0 Å². The van der Waals surface area contributed by atoms with Crippen LogP contribution < -0.4 is 16.4 Å². The molecule has 4 N–H and O–H groups in total. The van der Waals surface area contributed by atoms with E-state index in [1.165, 1.54) is 11.1 Å². The van der Waals surface area contributed by atoms with Gasteiger partial charge in [-0.15, -0.1) is 0 Å². The Kier molecular flexibility index (Phi) is 10.2. The second kappa shape index (κ2) is 13.5. The summed E-state index contributed by atoms with van der Waals surface area (Å²) in [4.78, 5) is 36.2. The smallest absolute Gasteiger partial charge is 0.408 e. The van der Waals surface area contributed by atoms with E-state index in [4.69, 9.17) is 15.2 Å². The molecule has 0 saturated heterocycles. The fourth-order valence-corrected chi connectivity index (χ4v) is 4.30. The first-order valence-corrected chi connectivity index (χ1v) is 13.0. The van der Waals surface area contributed by atoms with Crippen molar-refractivity contribution in [1.82, 2.24) is 10.6 Å². The molecule has 0 unspecified atom stereocenters. The third-order valence-electron chi connectivity index (χ3n) is 6.05. The topological polar surface area (TPSA) is 120 Å². The Labute approximate surface area is 224 Å². The number of fused-ring (bicyclic) bond motifs is 1. The zero-order valence-corrected chi connectivity index (χ0v) is 22.4. The molecule has 1 aliphatic carbocycles. The lowest BCUT2D eigenvalue weighted by molar-refractivity contribution is -0.120. The normalized spacial score (nSPS) is 13.2. The van der Waals surface area contributed by atoms with Crippen LogP contribution in [-0.2, 0) is 40.1 Å². The fourth-order valence-electron chi connectivity index (χ4n) is 4.30. The number of alkyl carbamates (subject to hydrolysis) is 2. The quantitative estimate of drug-likeness (QED) is 0.357. The molecule has 1 aliphatic rings. The predicted octanol–water partition coefficient (Wildman–Crippen LogP) is 4.15. The minimum Gasteiger partial charge on any atom is -0.445 e. The molecule has 2 aromatic carbocycles. The summed E-state index contributed by atoms with van der Waals surface area (Å²) in [7, 11) is 0. The number of carbonyl (C=O) groups excluding carboxylic acids is 3. The molecule has 3 amide bonds. The van der Waals surface area contributed by atoms with Gasteiger partial charge in [0.25, 0.3) is 0 Å². The van der Waals surface area contributed by atoms with Gasteiger partial charge in [0.1, 0.15) is 18.2 Å². The Morgan fingerprint density at radius 1 is 1.00 bits per heavy atom. The summed E-state index contributed by atoms with van der Waals surface area (Å²) in [5.74, 6) is 5.77. The SMILES string of the molecule is CC(C)(C)OC(=O)N[C@@H](Cc1ccc(C#CCCNC(=O)OCc2ccccc2)c2c1CCCC2)C(N)=O. The van der Waals surface area contributed by atoms with Gasteiger partial charge in [-0.25, -0.2) is 9.59 Å². The van der Waals surface area contributed by atoms with Gasteiger partial charge in [0, 0.05) is 24.9 Å². The van der Waals surface area contributed by atoms with E-state index in [-0.39, 0.29) is 6.61 Å². The molecule has 1 atom stereocenters. The fraction of sp³-hybridized carbons (Fsp3) is 0.433. The van der Waals surface area contributed by atoms with Crippen LogP contribution in [0.5, 0.6) is 0 Å². The third-order valence-corrected chi connectivity index (χ3v) is 6.05. The Balaban J connectivity index is 1.59. The summed E-state index contributed by atoms with van der Waals surface area (Å²) in [5.41, 5.74) is 10.1. The van der Waals surface area contributed by atoms with Gasteiger partial charge in [-0.2, -0.15) is 0 Å². The molecule has 0 saturated carbocycles. The number of nitrogens with two attached hydrogens (primary N) is 1. The standard InChI is InChI=1S/C30H37N3O5/c1-30(2,3)38-29(36)33-26(27(31)34)19-23-17-16-22(24-14-7-8-15-25(23)24)13-9-10-18-32-28(35)37-20-21-11-5-4-6-12-21/h4-6,11-12,16-17,26H,7-8,10,14-15,18-20H2,1-3H3,(H2,31,34)(H,32,35)(H,33,36)/t26-/m0/s1. The van der Waals surface area contributed by atoms with Crippen molar-refractivity contribution in [2.45, 2.75) is 77.5 Å². The van der Waals surface area contributed by atoms with E-state index in [0.717, 1.165) is 42.4 Å². The van der Waals surface area contributed by atoms with Gasteiger partial charge in [0.15, 0.2) is 0 Å². The van der Waals surface area contributed by atoms with E-state index in [1.54, 1.807) is 20.8 Å². The van der Waals surface area contributed by atoms with Crippen molar-refractivity contribution >= 4 is 18.1 Å². The first-order chi connectivity index (χ1) is 18.1. The lowest BCUT2D eigenvalue weighted by Gasteiger charge is -2.25. The van der Waals surface area contributed by atoms with Crippen molar-refractivity contribution in [3.8, 4) is 11.8 Å². The van der Waals surface area contributed by atoms with Gasteiger partial charge in [-0.1, -0.05) is 48.2 Å². The van der Waals surface area contributed by atoms with Crippen LogP contribution >= 0.6 is 0 Å². The molecule has 8 nitrogen and oxygen atoms in total. The number of carbonyl (C=O) groups is 3. The van der Waals surface area contributed by atoms with Crippen LogP contribution in [0.2, 0.25) is 0 Å². The summed E-state index contributed by atoms with van der Waals surface area (Å²) >= 11 is 0. The zero-order valence-electron chi connectivity index (χ0n) is 22.4. The van der Waals surface area contributed by atoms with Crippen LogP contribution in [0.3, 0.4) is 0 Å². The molecule has 0 heterocycles. The van der Waals surface area contributed by atoms with Crippen LogP contribution in [0, 0.1) is 11.8 Å². The summed E-state index contributed by atoms with van der Waals surface area (Å²) in [6.45, 7) is 5.89. The summed E-state index contributed by atoms with van der Waals surface area (Å²) in [6.07, 6.45) is 3.53. The highest BCUT2D eigenvalue weighted by molar-refractivity contribution is 5.84. The second-order valence-corrected chi connectivity index (χ2v) is 10.3. The molecule has 0 fully saturated rings. The molecular weight excluding hydrogens is 482 g/mol. The Bertz CT molecular complexity index is 1190. The molecule has 3 rings (SSSR count). The second-order valence-electron chi connectivity index (χ2n) is 10.3. The predicted molar refractivity (Wildman–Crippen MR) is 145 cm³/mol. The number of primary amides is 1. The van der Waals surface area contributed by atoms with Crippen LogP contribution in [0.1, 0.15) is 67.9 Å². The van der Waals surface area contributed by atoms with Crippen LogP contribution in [0.15, 0.2) is 42.5 Å². The molecule has 0 aromatic heterocycles. The number of nitrogens with one attached hydrogen (secondary N) is 2. The van der Waals surface area contributed by atoms with E-state index in [2.05, 4.69) is 22.5 Å². The van der Waals surface area contributed by atoms with Gasteiger partial charge in [-0.3, -0.25) is 4.79 Å². The molecule has 0 bridgehead atoms. The molecule has 38 heavy (non-hydrogen) atoms. The summed E-state index contributed by atoms with van der Waals surface area (Å²) in [5, 5.41) is 5.33. The first kappa shape index (κ1) is 28.6. The van der Waals surface area contributed by atoms with Crippen molar-refractivity contribution in [2.24, 2.45) is 5.73 Å². The van der Waals surface area contributed by atoms with Crippen molar-refractivity contribution < 1.29 is 23.9 Å². The van der Waals surface area contributed by atoms with Gasteiger partial charge in [-0.05, 0) is 74.8 Å². The monoisotopic (exact) mass is 519 g/mol. The Hall–Kier alpha value is -3.99. The maximum Gasteiger partial charge on any atom is 0.408 e. The molecule has 202 valence electrons. The highest BCUT2D eigenvalue weighted by Gasteiger charge is 2.25. The van der Waals surface area contributed by atoms with Crippen molar-refractivity contribution in [3.05, 3.63) is 70.3 Å². The maximum absolute atomic E-state index is 12.2. The molecule has 8 heteroatoms. The van der Waals surface area contributed by atoms with E-state index in [0.29, 0.717) is 19.4 Å². The number of ether oxygens (including phenoxy) is 2. The van der Waals surface area contributed by atoms with Gasteiger partial charge in [0.05, 0.1) is 0 Å². The van der Waals surface area contributed by atoms with Gasteiger partial charge in [0.2, 0.25) is 5.91 Å². The molecule has 0 aliphatic heterocycles. The molecular formula is C30H37N3O5. The number of hydrogen-bond donors (Lipinski definition) is 3. The highest BCUT2D eigenvalue weighted by Crippen LogP contribution is 2.28. The lowest BCUT2D eigenvalue weighted by Crippen LogP contribution is -2.47.